The van der Waals surface area contributed by atoms with Crippen LogP contribution in [0.3, 0.4) is 0 Å². The molecule has 0 radical (unpaired) electrons. The first-order valence-electron chi connectivity index (χ1n) is 7.57. The van der Waals surface area contributed by atoms with Gasteiger partial charge in [-0.2, -0.15) is 0 Å². The topological polar surface area (TPSA) is 68.0 Å². The molecule has 1 aromatic heterocycles. The number of carbonyl (C=O) groups excluding carboxylic acids is 1. The van der Waals surface area contributed by atoms with Crippen molar-refractivity contribution in [2.45, 2.75) is 20.3 Å². The van der Waals surface area contributed by atoms with Crippen LogP contribution in [-0.2, 0) is 6.42 Å². The third-order valence-corrected chi connectivity index (χ3v) is 3.71. The number of hydrogen-bond acceptors (Lipinski definition) is 4. The lowest BCUT2D eigenvalue weighted by atomic mass is 10.0. The zero-order valence-corrected chi connectivity index (χ0v) is 13.6. The van der Waals surface area contributed by atoms with E-state index in [1.165, 1.54) is 6.07 Å². The van der Waals surface area contributed by atoms with Gasteiger partial charge in [0.1, 0.15) is 0 Å². The summed E-state index contributed by atoms with van der Waals surface area (Å²) in [6, 6.07) is 8.77. The van der Waals surface area contributed by atoms with Crippen LogP contribution in [0, 0.1) is 25.5 Å². The molecule has 0 aliphatic carbocycles. The summed E-state index contributed by atoms with van der Waals surface area (Å²) < 4.78 is 31.5. The first-order valence-corrected chi connectivity index (χ1v) is 7.57. The van der Waals surface area contributed by atoms with Crippen LogP contribution in [-0.4, -0.2) is 16.1 Å². The fraction of sp³-hybridized carbons (Fsp3) is 0.167. The summed E-state index contributed by atoms with van der Waals surface area (Å²) in [6.07, 6.45) is 0.431. The molecule has 0 aliphatic heterocycles. The van der Waals surface area contributed by atoms with Crippen LogP contribution in [0.25, 0.3) is 0 Å². The van der Waals surface area contributed by atoms with Crippen molar-refractivity contribution in [2.24, 2.45) is 0 Å². The van der Waals surface area contributed by atoms with Crippen LogP contribution in [0.2, 0.25) is 0 Å². The Morgan fingerprint density at radius 2 is 1.88 bits per heavy atom. The minimum Gasteiger partial charge on any atom is -0.407 e. The molecule has 1 amide bonds. The number of anilines is 1. The minimum absolute atomic E-state index is 0.0481. The number of hydrogen-bond donors (Lipinski definition) is 1. The van der Waals surface area contributed by atoms with Crippen LogP contribution in [0.4, 0.5) is 14.8 Å². The van der Waals surface area contributed by atoms with Crippen molar-refractivity contribution in [3.05, 3.63) is 76.2 Å². The molecule has 3 rings (SSSR count). The molecule has 1 heterocycles. The standard InChI is InChI=1S/C18H15F2N3O2/c1-10-3-4-12(11(2)7-10)9-16-22-23-18(25-16)21-17(24)13-5-6-14(19)15(20)8-13/h3-8H,9H2,1-2H3,(H,21,23,24). The van der Waals surface area contributed by atoms with Crippen molar-refractivity contribution < 1.29 is 18.0 Å². The summed E-state index contributed by atoms with van der Waals surface area (Å²) in [7, 11) is 0. The van der Waals surface area contributed by atoms with E-state index in [0.29, 0.717) is 12.3 Å². The second-order valence-corrected chi connectivity index (χ2v) is 5.69. The summed E-state index contributed by atoms with van der Waals surface area (Å²) in [5, 5.41) is 10.0. The maximum absolute atomic E-state index is 13.2. The fourth-order valence-corrected chi connectivity index (χ4v) is 2.39. The highest BCUT2D eigenvalue weighted by Gasteiger charge is 2.14. The average Bonchev–Trinajstić information content (AvgIpc) is 3.00. The Balaban J connectivity index is 1.70. The number of aryl methyl sites for hydroxylation is 2. The Morgan fingerprint density at radius 3 is 2.60 bits per heavy atom. The summed E-state index contributed by atoms with van der Waals surface area (Å²) >= 11 is 0. The number of aromatic nitrogens is 2. The number of nitrogens with zero attached hydrogens (tertiary/aromatic N) is 2. The molecule has 0 fully saturated rings. The molecule has 0 aliphatic rings. The molecule has 3 aromatic rings. The largest absolute Gasteiger partial charge is 0.407 e. The number of carbonyl (C=O) groups is 1. The van der Waals surface area contributed by atoms with E-state index in [1.807, 2.05) is 26.0 Å². The second-order valence-electron chi connectivity index (χ2n) is 5.69. The van der Waals surface area contributed by atoms with Crippen molar-refractivity contribution >= 4 is 11.9 Å². The van der Waals surface area contributed by atoms with Crippen molar-refractivity contribution in [1.29, 1.82) is 0 Å². The third kappa shape index (κ3) is 3.88. The lowest BCUT2D eigenvalue weighted by Crippen LogP contribution is -2.12. The number of nitrogens with one attached hydrogen (secondary N) is 1. The van der Waals surface area contributed by atoms with Crippen molar-refractivity contribution in [1.82, 2.24) is 10.2 Å². The van der Waals surface area contributed by atoms with E-state index in [1.54, 1.807) is 0 Å². The van der Waals surface area contributed by atoms with Crippen molar-refractivity contribution in [3.8, 4) is 0 Å². The van der Waals surface area contributed by atoms with E-state index in [0.717, 1.165) is 28.8 Å². The van der Waals surface area contributed by atoms with E-state index in [2.05, 4.69) is 21.6 Å². The Labute approximate surface area is 142 Å². The van der Waals surface area contributed by atoms with Crippen molar-refractivity contribution in [3.63, 3.8) is 0 Å². The van der Waals surface area contributed by atoms with Crippen LogP contribution in [0.1, 0.15) is 32.9 Å². The van der Waals surface area contributed by atoms with Gasteiger partial charge in [-0.15, -0.1) is 5.10 Å². The molecule has 0 unspecified atom stereocenters. The number of amides is 1. The molecule has 2 aromatic carbocycles. The maximum Gasteiger partial charge on any atom is 0.322 e. The van der Waals surface area contributed by atoms with Gasteiger partial charge in [0.15, 0.2) is 11.6 Å². The Kier molecular flexibility index (Phi) is 4.56. The summed E-state index contributed by atoms with van der Waals surface area (Å²) in [5.41, 5.74) is 3.25. The minimum atomic E-state index is -1.10. The van der Waals surface area contributed by atoms with E-state index in [9.17, 15) is 13.6 Å². The molecule has 1 N–H and O–H groups in total. The third-order valence-electron chi connectivity index (χ3n) is 3.71. The molecular weight excluding hydrogens is 328 g/mol. The second kappa shape index (κ2) is 6.80. The van der Waals surface area contributed by atoms with Gasteiger partial charge in [-0.05, 0) is 43.2 Å². The number of rotatable bonds is 4. The fourth-order valence-electron chi connectivity index (χ4n) is 2.39. The van der Waals surface area contributed by atoms with Gasteiger partial charge >= 0.3 is 6.01 Å². The van der Waals surface area contributed by atoms with Gasteiger partial charge in [0, 0.05) is 5.56 Å². The normalized spacial score (nSPS) is 10.7. The highest BCUT2D eigenvalue weighted by atomic mass is 19.2. The predicted molar refractivity (Wildman–Crippen MR) is 87.3 cm³/mol. The predicted octanol–water partition coefficient (Wildman–Crippen LogP) is 3.81. The lowest BCUT2D eigenvalue weighted by molar-refractivity contribution is 0.102. The maximum atomic E-state index is 13.2. The highest BCUT2D eigenvalue weighted by molar-refractivity contribution is 6.03. The Hall–Kier alpha value is -3.09. The van der Waals surface area contributed by atoms with Gasteiger partial charge in [0.05, 0.1) is 6.42 Å². The molecule has 5 nitrogen and oxygen atoms in total. The zero-order chi connectivity index (χ0) is 18.0. The van der Waals surface area contributed by atoms with Crippen LogP contribution in [0.5, 0.6) is 0 Å². The van der Waals surface area contributed by atoms with Crippen LogP contribution >= 0.6 is 0 Å². The van der Waals surface area contributed by atoms with Crippen molar-refractivity contribution in [2.75, 3.05) is 5.32 Å². The SMILES string of the molecule is Cc1ccc(Cc2nnc(NC(=O)c3ccc(F)c(F)c3)o2)c(C)c1. The smallest absolute Gasteiger partial charge is 0.322 e. The number of halogens is 2. The van der Waals surface area contributed by atoms with Gasteiger partial charge in [-0.1, -0.05) is 28.9 Å². The number of benzene rings is 2. The van der Waals surface area contributed by atoms with Gasteiger partial charge in [-0.3, -0.25) is 10.1 Å². The average molecular weight is 343 g/mol. The van der Waals surface area contributed by atoms with E-state index in [4.69, 9.17) is 4.42 Å². The summed E-state index contributed by atoms with van der Waals surface area (Å²) in [6.45, 7) is 4.00. The van der Waals surface area contributed by atoms with E-state index < -0.39 is 17.5 Å². The summed E-state index contributed by atoms with van der Waals surface area (Å²) in [4.78, 5) is 12.0. The molecule has 0 atom stereocenters. The molecule has 0 spiro atoms. The van der Waals surface area contributed by atoms with E-state index >= 15 is 0 Å². The molecule has 128 valence electrons. The molecule has 0 saturated carbocycles. The van der Waals surface area contributed by atoms with Gasteiger partial charge in [-0.25, -0.2) is 8.78 Å². The molecule has 7 heteroatoms. The molecular formula is C18H15F2N3O2. The quantitative estimate of drug-likeness (QED) is 0.782. The molecule has 0 bridgehead atoms. The summed E-state index contributed by atoms with van der Waals surface area (Å²) in [5.74, 6) is -2.45. The van der Waals surface area contributed by atoms with Gasteiger partial charge < -0.3 is 4.42 Å². The molecule has 25 heavy (non-hydrogen) atoms. The lowest BCUT2D eigenvalue weighted by Gasteiger charge is -2.04. The van der Waals surface area contributed by atoms with Crippen LogP contribution in [0.15, 0.2) is 40.8 Å². The highest BCUT2D eigenvalue weighted by Crippen LogP contribution is 2.17. The monoisotopic (exact) mass is 343 g/mol. The van der Waals surface area contributed by atoms with Crippen LogP contribution < -0.4 is 5.32 Å². The Morgan fingerprint density at radius 1 is 1.08 bits per heavy atom. The van der Waals surface area contributed by atoms with Gasteiger partial charge in [0.25, 0.3) is 5.91 Å². The first kappa shape index (κ1) is 16.8. The first-order chi connectivity index (χ1) is 11.9. The Bertz CT molecular complexity index is 938. The molecule has 0 saturated heterocycles. The van der Waals surface area contributed by atoms with E-state index in [-0.39, 0.29) is 11.6 Å². The van der Waals surface area contributed by atoms with Gasteiger partial charge in [0.2, 0.25) is 5.89 Å². The zero-order valence-electron chi connectivity index (χ0n) is 13.6.